The SMILES string of the molecule is Cn1cc(NC(=O)c2cn(C)nc2C(=O)O)cn1. The maximum Gasteiger partial charge on any atom is 0.357 e. The molecule has 94 valence electrons. The molecule has 18 heavy (non-hydrogen) atoms. The molecular formula is C10H11N5O3. The van der Waals surface area contributed by atoms with Crippen molar-refractivity contribution in [1.29, 1.82) is 0 Å². The first kappa shape index (κ1) is 11.8. The first-order valence-corrected chi connectivity index (χ1v) is 5.04. The van der Waals surface area contributed by atoms with Crippen molar-refractivity contribution in [3.8, 4) is 0 Å². The van der Waals surface area contributed by atoms with Crippen molar-refractivity contribution in [2.24, 2.45) is 14.1 Å². The van der Waals surface area contributed by atoms with Crippen LogP contribution in [0.15, 0.2) is 18.6 Å². The fraction of sp³-hybridized carbons (Fsp3) is 0.200. The van der Waals surface area contributed by atoms with Crippen molar-refractivity contribution in [2.75, 3.05) is 5.32 Å². The molecule has 2 heterocycles. The Morgan fingerprint density at radius 2 is 2.00 bits per heavy atom. The third kappa shape index (κ3) is 2.21. The van der Waals surface area contributed by atoms with Crippen molar-refractivity contribution in [1.82, 2.24) is 19.6 Å². The largest absolute Gasteiger partial charge is 0.476 e. The van der Waals surface area contributed by atoms with E-state index in [1.54, 1.807) is 20.3 Å². The van der Waals surface area contributed by atoms with Crippen LogP contribution in [-0.4, -0.2) is 36.5 Å². The maximum absolute atomic E-state index is 11.9. The van der Waals surface area contributed by atoms with Gasteiger partial charge < -0.3 is 10.4 Å². The lowest BCUT2D eigenvalue weighted by molar-refractivity contribution is 0.0685. The molecule has 0 aromatic carbocycles. The lowest BCUT2D eigenvalue weighted by atomic mass is 10.2. The number of carboxylic acids is 1. The molecule has 0 spiro atoms. The normalized spacial score (nSPS) is 10.3. The van der Waals surface area contributed by atoms with Crippen molar-refractivity contribution in [3.05, 3.63) is 29.8 Å². The molecule has 0 aliphatic carbocycles. The third-order valence-electron chi connectivity index (χ3n) is 2.24. The number of nitrogens with zero attached hydrogens (tertiary/aromatic N) is 4. The Bertz CT molecular complexity index is 613. The fourth-order valence-corrected chi connectivity index (χ4v) is 1.50. The molecule has 0 fully saturated rings. The van der Waals surface area contributed by atoms with E-state index in [0.29, 0.717) is 5.69 Å². The van der Waals surface area contributed by atoms with E-state index in [4.69, 9.17) is 5.11 Å². The summed E-state index contributed by atoms with van der Waals surface area (Å²) in [5, 5.41) is 19.1. The van der Waals surface area contributed by atoms with Crippen molar-refractivity contribution in [2.45, 2.75) is 0 Å². The van der Waals surface area contributed by atoms with Crippen LogP contribution in [0.5, 0.6) is 0 Å². The maximum atomic E-state index is 11.9. The molecule has 0 saturated heterocycles. The molecular weight excluding hydrogens is 238 g/mol. The zero-order valence-electron chi connectivity index (χ0n) is 9.78. The molecule has 2 rings (SSSR count). The summed E-state index contributed by atoms with van der Waals surface area (Å²) in [7, 11) is 3.26. The number of rotatable bonds is 3. The first-order chi connectivity index (χ1) is 8.47. The molecule has 0 aliphatic rings. The summed E-state index contributed by atoms with van der Waals surface area (Å²) in [4.78, 5) is 22.8. The highest BCUT2D eigenvalue weighted by atomic mass is 16.4. The highest BCUT2D eigenvalue weighted by Gasteiger charge is 2.21. The van der Waals surface area contributed by atoms with Crippen LogP contribution in [0.3, 0.4) is 0 Å². The van der Waals surface area contributed by atoms with Gasteiger partial charge in [0.05, 0.1) is 17.4 Å². The number of carboxylic acid groups (broad SMARTS) is 1. The van der Waals surface area contributed by atoms with Crippen LogP contribution < -0.4 is 5.32 Å². The van der Waals surface area contributed by atoms with Gasteiger partial charge in [0.15, 0.2) is 5.69 Å². The Labute approximate surface area is 102 Å². The lowest BCUT2D eigenvalue weighted by Crippen LogP contribution is -2.15. The number of carbonyl (C=O) groups excluding carboxylic acids is 1. The average molecular weight is 249 g/mol. The van der Waals surface area contributed by atoms with Crippen molar-refractivity contribution < 1.29 is 14.7 Å². The quantitative estimate of drug-likeness (QED) is 0.803. The lowest BCUT2D eigenvalue weighted by Gasteiger charge is -1.99. The molecule has 8 nitrogen and oxygen atoms in total. The Hall–Kier alpha value is -2.64. The van der Waals surface area contributed by atoms with Crippen LogP contribution in [0.2, 0.25) is 0 Å². The average Bonchev–Trinajstić information content (AvgIpc) is 2.85. The molecule has 0 atom stereocenters. The van der Waals surface area contributed by atoms with Gasteiger partial charge >= 0.3 is 5.97 Å². The second-order valence-electron chi connectivity index (χ2n) is 3.73. The fourth-order valence-electron chi connectivity index (χ4n) is 1.50. The summed E-state index contributed by atoms with van der Waals surface area (Å²) >= 11 is 0. The van der Waals surface area contributed by atoms with Crippen LogP contribution >= 0.6 is 0 Å². The number of nitrogens with one attached hydrogen (secondary N) is 1. The number of hydrogen-bond acceptors (Lipinski definition) is 4. The van der Waals surface area contributed by atoms with Gasteiger partial charge in [0, 0.05) is 26.5 Å². The Morgan fingerprint density at radius 3 is 2.56 bits per heavy atom. The molecule has 8 heteroatoms. The van der Waals surface area contributed by atoms with Crippen LogP contribution in [0.25, 0.3) is 0 Å². The minimum absolute atomic E-state index is 0.00820. The summed E-state index contributed by atoms with van der Waals surface area (Å²) in [6.07, 6.45) is 4.43. The van der Waals surface area contributed by atoms with E-state index in [-0.39, 0.29) is 11.3 Å². The summed E-state index contributed by atoms with van der Waals surface area (Å²) in [6.45, 7) is 0. The van der Waals surface area contributed by atoms with Gasteiger partial charge in [-0.3, -0.25) is 14.2 Å². The van der Waals surface area contributed by atoms with Crippen LogP contribution in [0.1, 0.15) is 20.8 Å². The zero-order valence-corrected chi connectivity index (χ0v) is 9.78. The minimum atomic E-state index is -1.24. The highest BCUT2D eigenvalue weighted by molar-refractivity contribution is 6.09. The molecule has 0 radical (unpaired) electrons. The van der Waals surface area contributed by atoms with Gasteiger partial charge in [-0.15, -0.1) is 0 Å². The Balaban J connectivity index is 2.26. The van der Waals surface area contributed by atoms with Crippen molar-refractivity contribution >= 4 is 17.6 Å². The number of aryl methyl sites for hydroxylation is 2. The van der Waals surface area contributed by atoms with Gasteiger partial charge in [0.2, 0.25) is 0 Å². The topological polar surface area (TPSA) is 102 Å². The molecule has 2 N–H and O–H groups in total. The summed E-state index contributed by atoms with van der Waals surface area (Å²) in [5.41, 5.74) is 0.218. The molecule has 1 amide bonds. The summed E-state index contributed by atoms with van der Waals surface area (Å²) < 4.78 is 2.80. The number of aromatic nitrogens is 4. The number of carbonyl (C=O) groups is 2. The van der Waals surface area contributed by atoms with Crippen LogP contribution in [0.4, 0.5) is 5.69 Å². The first-order valence-electron chi connectivity index (χ1n) is 5.04. The van der Waals surface area contributed by atoms with E-state index in [9.17, 15) is 9.59 Å². The van der Waals surface area contributed by atoms with Crippen LogP contribution in [-0.2, 0) is 14.1 Å². The molecule has 2 aromatic heterocycles. The number of hydrogen-bond donors (Lipinski definition) is 2. The van der Waals surface area contributed by atoms with E-state index in [0.717, 1.165) is 0 Å². The number of anilines is 1. The second kappa shape index (κ2) is 4.32. The molecule has 0 bridgehead atoms. The van der Waals surface area contributed by atoms with E-state index in [2.05, 4.69) is 15.5 Å². The van der Waals surface area contributed by atoms with E-state index < -0.39 is 11.9 Å². The predicted octanol–water partition coefficient (Wildman–Crippen LogP) is 0.104. The molecule has 0 saturated carbocycles. The van der Waals surface area contributed by atoms with E-state index in [1.165, 1.54) is 21.8 Å². The van der Waals surface area contributed by atoms with Crippen LogP contribution in [0, 0.1) is 0 Å². The number of amides is 1. The zero-order chi connectivity index (χ0) is 13.3. The smallest absolute Gasteiger partial charge is 0.357 e. The predicted molar refractivity (Wildman–Crippen MR) is 61.3 cm³/mol. The highest BCUT2D eigenvalue weighted by Crippen LogP contribution is 2.11. The van der Waals surface area contributed by atoms with Gasteiger partial charge in [-0.2, -0.15) is 10.2 Å². The molecule has 2 aromatic rings. The summed E-state index contributed by atoms with van der Waals surface area (Å²) in [5.74, 6) is -1.78. The van der Waals surface area contributed by atoms with Gasteiger partial charge in [-0.25, -0.2) is 4.79 Å². The van der Waals surface area contributed by atoms with Gasteiger partial charge in [0.25, 0.3) is 5.91 Å². The Kier molecular flexibility index (Phi) is 2.84. The Morgan fingerprint density at radius 1 is 1.28 bits per heavy atom. The van der Waals surface area contributed by atoms with Gasteiger partial charge in [-0.1, -0.05) is 0 Å². The standard InChI is InChI=1S/C10H11N5O3/c1-14-4-6(3-11-14)12-9(16)7-5-15(2)13-8(7)10(17)18/h3-5H,1-2H3,(H,12,16)(H,17,18). The second-order valence-corrected chi connectivity index (χ2v) is 3.73. The number of aromatic carboxylic acids is 1. The van der Waals surface area contributed by atoms with Crippen molar-refractivity contribution in [3.63, 3.8) is 0 Å². The monoisotopic (exact) mass is 249 g/mol. The molecule has 0 aliphatic heterocycles. The molecule has 0 unspecified atom stereocenters. The minimum Gasteiger partial charge on any atom is -0.476 e. The van der Waals surface area contributed by atoms with Gasteiger partial charge in [-0.05, 0) is 0 Å². The summed E-state index contributed by atoms with van der Waals surface area (Å²) in [6, 6.07) is 0. The third-order valence-corrected chi connectivity index (χ3v) is 2.24. The van der Waals surface area contributed by atoms with Gasteiger partial charge in [0.1, 0.15) is 0 Å². The van der Waals surface area contributed by atoms with E-state index >= 15 is 0 Å². The van der Waals surface area contributed by atoms with E-state index in [1.807, 2.05) is 0 Å².